The van der Waals surface area contributed by atoms with Crippen molar-refractivity contribution in [1.29, 1.82) is 0 Å². The van der Waals surface area contributed by atoms with Gasteiger partial charge in [-0.1, -0.05) is 84.9 Å². The molecule has 0 aliphatic carbocycles. The van der Waals surface area contributed by atoms with Gasteiger partial charge in [-0.05, 0) is 63.1 Å². The number of nitrogens with zero attached hydrogens (tertiary/aromatic N) is 2. The number of fused-ring (bicyclic) bond motifs is 2. The molecule has 0 bridgehead atoms. The number of allylic oxidation sites excluding steroid dienone is 4. The van der Waals surface area contributed by atoms with Gasteiger partial charge in [0.1, 0.15) is 0 Å². The summed E-state index contributed by atoms with van der Waals surface area (Å²) in [7, 11) is 0. The summed E-state index contributed by atoms with van der Waals surface area (Å²) in [6.07, 6.45) is 0. The third-order valence-corrected chi connectivity index (χ3v) is 6.63. The Balaban J connectivity index is 1.78. The monoisotopic (exact) mass is 496 g/mol. The average molecular weight is 497 g/mol. The molecule has 0 atom stereocenters. The molecular weight excluding hydrogens is 464 g/mol. The lowest BCUT2D eigenvalue weighted by Gasteiger charge is -2.20. The molecule has 4 aromatic carbocycles. The second-order valence-corrected chi connectivity index (χ2v) is 9.41. The SMILES string of the molecule is CC1=Nc2ccccc2N/C(C)=C(/c2ccccc2)C(C)=Nc2ccccc2N/C(C)=C\1c1ccccc1. The molecule has 0 spiro atoms. The van der Waals surface area contributed by atoms with Gasteiger partial charge in [-0.25, -0.2) is 0 Å². The molecule has 4 aromatic rings. The van der Waals surface area contributed by atoms with Crippen molar-refractivity contribution < 1.29 is 0 Å². The van der Waals surface area contributed by atoms with Crippen molar-refractivity contribution >= 4 is 45.3 Å². The first-order valence-corrected chi connectivity index (χ1v) is 12.9. The van der Waals surface area contributed by atoms with E-state index in [1.807, 2.05) is 36.4 Å². The van der Waals surface area contributed by atoms with Gasteiger partial charge in [0.15, 0.2) is 0 Å². The maximum absolute atomic E-state index is 5.15. The predicted molar refractivity (Wildman–Crippen MR) is 164 cm³/mol. The number of hydrogen-bond donors (Lipinski definition) is 2. The summed E-state index contributed by atoms with van der Waals surface area (Å²) < 4.78 is 0. The van der Waals surface area contributed by atoms with Crippen LogP contribution in [0, 0.1) is 0 Å². The highest BCUT2D eigenvalue weighted by molar-refractivity contribution is 6.26. The zero-order chi connectivity index (χ0) is 26.5. The Morgan fingerprint density at radius 3 is 1.16 bits per heavy atom. The summed E-state index contributed by atoms with van der Waals surface area (Å²) in [5.41, 5.74) is 11.9. The largest absolute Gasteiger partial charge is 0.357 e. The van der Waals surface area contributed by atoms with Gasteiger partial charge >= 0.3 is 0 Å². The van der Waals surface area contributed by atoms with Crippen LogP contribution in [0.4, 0.5) is 22.7 Å². The van der Waals surface area contributed by atoms with Gasteiger partial charge < -0.3 is 10.6 Å². The fraction of sp³-hybridized carbons (Fsp3) is 0.118. The standard InChI is InChI=1S/C34H32N4/c1-23-33(27-15-7-5-8-16-27)24(2)36-31-21-13-14-22-32(31)38-26(4)34(28-17-9-6-10-18-28)25(3)37-30-20-12-11-19-29(30)35-23/h5-22,35,38H,1-4H3/b33-23+,34-26+,36-24?,37-25?. The van der Waals surface area contributed by atoms with Crippen LogP contribution in [0.3, 0.4) is 0 Å². The molecule has 1 aliphatic heterocycles. The van der Waals surface area contributed by atoms with E-state index in [2.05, 4.69) is 111 Å². The summed E-state index contributed by atoms with van der Waals surface area (Å²) in [5, 5.41) is 7.33. The minimum absolute atomic E-state index is 0.880. The molecule has 38 heavy (non-hydrogen) atoms. The molecule has 188 valence electrons. The van der Waals surface area contributed by atoms with Crippen LogP contribution in [0.25, 0.3) is 11.1 Å². The molecule has 0 amide bonds. The highest BCUT2D eigenvalue weighted by Gasteiger charge is 2.16. The van der Waals surface area contributed by atoms with E-state index in [9.17, 15) is 0 Å². The zero-order valence-electron chi connectivity index (χ0n) is 22.3. The molecule has 2 N–H and O–H groups in total. The van der Waals surface area contributed by atoms with Crippen molar-refractivity contribution in [2.45, 2.75) is 27.7 Å². The Labute approximate surface area is 225 Å². The van der Waals surface area contributed by atoms with Crippen LogP contribution >= 0.6 is 0 Å². The molecule has 0 aromatic heterocycles. The maximum atomic E-state index is 5.15. The first-order chi connectivity index (χ1) is 18.5. The highest BCUT2D eigenvalue weighted by Crippen LogP contribution is 2.34. The van der Waals surface area contributed by atoms with E-state index in [0.29, 0.717) is 0 Å². The van der Waals surface area contributed by atoms with Crippen molar-refractivity contribution in [2.24, 2.45) is 9.98 Å². The molecule has 5 rings (SSSR count). The van der Waals surface area contributed by atoms with Crippen LogP contribution in [-0.2, 0) is 0 Å². The normalized spacial score (nSPS) is 18.1. The lowest BCUT2D eigenvalue weighted by atomic mass is 9.98. The van der Waals surface area contributed by atoms with Crippen LogP contribution in [0.5, 0.6) is 0 Å². The number of nitrogens with one attached hydrogen (secondary N) is 2. The summed E-state index contributed by atoms with van der Waals surface area (Å²) >= 11 is 0. The zero-order valence-corrected chi connectivity index (χ0v) is 22.3. The van der Waals surface area contributed by atoms with E-state index in [-0.39, 0.29) is 0 Å². The first-order valence-electron chi connectivity index (χ1n) is 12.9. The molecule has 4 heteroatoms. The molecule has 1 aliphatic rings. The molecule has 0 radical (unpaired) electrons. The molecule has 0 saturated heterocycles. The lowest BCUT2D eigenvalue weighted by Crippen LogP contribution is -2.09. The van der Waals surface area contributed by atoms with Crippen LogP contribution in [0.2, 0.25) is 0 Å². The Morgan fingerprint density at radius 1 is 0.421 bits per heavy atom. The topological polar surface area (TPSA) is 48.8 Å². The Hall–Kier alpha value is -4.70. The molecule has 0 fully saturated rings. The van der Waals surface area contributed by atoms with Gasteiger partial charge in [-0.15, -0.1) is 0 Å². The van der Waals surface area contributed by atoms with Crippen molar-refractivity contribution in [3.8, 4) is 0 Å². The number of para-hydroxylation sites is 4. The Bertz CT molecular complexity index is 1450. The first kappa shape index (κ1) is 25.0. The van der Waals surface area contributed by atoms with E-state index >= 15 is 0 Å². The van der Waals surface area contributed by atoms with Gasteiger partial charge in [0.05, 0.1) is 22.7 Å². The number of anilines is 2. The quantitative estimate of drug-likeness (QED) is 0.290. The Kier molecular flexibility index (Phi) is 7.32. The predicted octanol–water partition coefficient (Wildman–Crippen LogP) is 9.27. The minimum Gasteiger partial charge on any atom is -0.357 e. The molecular formula is C34H32N4. The summed E-state index contributed by atoms with van der Waals surface area (Å²) in [6, 6.07) is 37.2. The number of rotatable bonds is 2. The van der Waals surface area contributed by atoms with E-state index in [0.717, 1.165) is 67.8 Å². The van der Waals surface area contributed by atoms with Crippen LogP contribution in [0.15, 0.2) is 131 Å². The van der Waals surface area contributed by atoms with Gasteiger partial charge in [0, 0.05) is 34.0 Å². The second kappa shape index (κ2) is 11.1. The second-order valence-electron chi connectivity index (χ2n) is 9.41. The number of benzene rings is 4. The third kappa shape index (κ3) is 5.35. The minimum atomic E-state index is 0.880. The van der Waals surface area contributed by atoms with Gasteiger partial charge in [-0.3, -0.25) is 9.98 Å². The van der Waals surface area contributed by atoms with Gasteiger partial charge in [-0.2, -0.15) is 0 Å². The smallest absolute Gasteiger partial charge is 0.0867 e. The maximum Gasteiger partial charge on any atom is 0.0867 e. The van der Waals surface area contributed by atoms with Crippen molar-refractivity contribution in [3.05, 3.63) is 132 Å². The Morgan fingerprint density at radius 2 is 0.763 bits per heavy atom. The summed E-state index contributed by atoms with van der Waals surface area (Å²) in [6.45, 7) is 8.35. The third-order valence-electron chi connectivity index (χ3n) is 6.63. The fourth-order valence-corrected chi connectivity index (χ4v) is 4.96. The highest BCUT2D eigenvalue weighted by atomic mass is 15.0. The average Bonchev–Trinajstić information content (AvgIpc) is 2.92. The van der Waals surface area contributed by atoms with Crippen molar-refractivity contribution in [3.63, 3.8) is 0 Å². The van der Waals surface area contributed by atoms with Crippen molar-refractivity contribution in [2.75, 3.05) is 10.6 Å². The molecule has 0 saturated carbocycles. The van der Waals surface area contributed by atoms with Crippen LogP contribution < -0.4 is 10.6 Å². The number of aliphatic imine (C=N–C) groups is 2. The fourth-order valence-electron chi connectivity index (χ4n) is 4.96. The van der Waals surface area contributed by atoms with E-state index in [4.69, 9.17) is 9.98 Å². The summed E-state index contributed by atoms with van der Waals surface area (Å²) in [4.78, 5) is 10.3. The summed E-state index contributed by atoms with van der Waals surface area (Å²) in [5.74, 6) is 0. The molecule has 1 heterocycles. The number of hydrogen-bond acceptors (Lipinski definition) is 4. The van der Waals surface area contributed by atoms with Gasteiger partial charge in [0.2, 0.25) is 0 Å². The van der Waals surface area contributed by atoms with Crippen LogP contribution in [-0.4, -0.2) is 11.4 Å². The molecule has 4 nitrogen and oxygen atoms in total. The van der Waals surface area contributed by atoms with Crippen LogP contribution in [0.1, 0.15) is 38.8 Å². The van der Waals surface area contributed by atoms with Crippen molar-refractivity contribution in [1.82, 2.24) is 0 Å². The van der Waals surface area contributed by atoms with E-state index in [1.54, 1.807) is 0 Å². The van der Waals surface area contributed by atoms with Gasteiger partial charge in [0.25, 0.3) is 0 Å². The van der Waals surface area contributed by atoms with E-state index in [1.165, 1.54) is 0 Å². The van der Waals surface area contributed by atoms with E-state index < -0.39 is 0 Å². The lowest BCUT2D eigenvalue weighted by molar-refractivity contribution is 1.34. The molecule has 0 unspecified atom stereocenters.